The van der Waals surface area contributed by atoms with E-state index < -0.39 is 0 Å². The van der Waals surface area contributed by atoms with Crippen molar-refractivity contribution >= 4 is 87.9 Å². The van der Waals surface area contributed by atoms with Crippen LogP contribution in [0, 0.1) is 0 Å². The highest BCUT2D eigenvalue weighted by Gasteiger charge is 2.36. The van der Waals surface area contributed by atoms with Gasteiger partial charge in [-0.15, -0.1) is 0 Å². The molecule has 0 spiro atoms. The minimum Gasteiger partial charge on any atom is -0.333 e. The van der Waals surface area contributed by atoms with Gasteiger partial charge in [0.15, 0.2) is 0 Å². The highest BCUT2D eigenvalue weighted by atomic mass is 15.2. The molecule has 4 heteroatoms. The predicted molar refractivity (Wildman–Crippen MR) is 294 cm³/mol. The van der Waals surface area contributed by atoms with Gasteiger partial charge in [-0.3, -0.25) is 0 Å². The number of aromatic nitrogens is 3. The third-order valence-corrected chi connectivity index (χ3v) is 15.2. The normalized spacial score (nSPS) is 14.5. The number of rotatable bonds is 6. The summed E-state index contributed by atoms with van der Waals surface area (Å²) in [6.07, 6.45) is 5.80. The third kappa shape index (κ3) is 5.77. The highest BCUT2D eigenvalue weighted by molar-refractivity contribution is 6.11. The molecule has 13 aromatic rings. The van der Waals surface area contributed by atoms with Crippen molar-refractivity contribution < 1.29 is 0 Å². The zero-order valence-corrected chi connectivity index (χ0v) is 38.2. The summed E-state index contributed by atoms with van der Waals surface area (Å²) in [5.41, 5.74) is 20.8. The van der Waals surface area contributed by atoms with Gasteiger partial charge in [-0.25, -0.2) is 0 Å². The van der Waals surface area contributed by atoms with Crippen molar-refractivity contribution in [1.82, 2.24) is 13.7 Å². The molecule has 0 radical (unpaired) electrons. The van der Waals surface area contributed by atoms with Gasteiger partial charge in [-0.05, 0) is 137 Å². The van der Waals surface area contributed by atoms with Crippen LogP contribution >= 0.6 is 0 Å². The molecular formula is C66H44N4. The molecule has 70 heavy (non-hydrogen) atoms. The topological polar surface area (TPSA) is 18.0 Å². The molecule has 3 aromatic heterocycles. The quantitative estimate of drug-likeness (QED) is 0.163. The molecule has 0 N–H and O–H groups in total. The molecule has 0 bridgehead atoms. The SMILES string of the molecule is C1=C(c2ccc(-n3c4ccccc4c4ccccc43)cc2)C=C2c3cc(-c4ccc(-n5c6ccccc6c6ccccc65)cc4)ccc3N(c3ccc(-n4c5ccccc5c5ccccc54)cc3)C2C1. The third-order valence-electron chi connectivity index (χ3n) is 15.2. The van der Waals surface area contributed by atoms with Crippen LogP contribution in [0.4, 0.5) is 11.4 Å². The maximum atomic E-state index is 2.57. The largest absolute Gasteiger partial charge is 0.333 e. The molecule has 0 fully saturated rings. The van der Waals surface area contributed by atoms with E-state index in [9.17, 15) is 0 Å². The van der Waals surface area contributed by atoms with E-state index in [1.165, 1.54) is 116 Å². The summed E-state index contributed by atoms with van der Waals surface area (Å²) in [4.78, 5) is 2.57. The predicted octanol–water partition coefficient (Wildman–Crippen LogP) is 17.0. The lowest BCUT2D eigenvalue weighted by molar-refractivity contribution is 0.831. The van der Waals surface area contributed by atoms with E-state index in [-0.39, 0.29) is 6.04 Å². The Bertz CT molecular complexity index is 4150. The van der Waals surface area contributed by atoms with E-state index in [0.717, 1.165) is 17.8 Å². The second kappa shape index (κ2) is 15.2. The van der Waals surface area contributed by atoms with Crippen LogP contribution < -0.4 is 4.90 Å². The number of para-hydroxylation sites is 6. The molecule has 1 aliphatic carbocycles. The van der Waals surface area contributed by atoms with E-state index in [1.807, 2.05) is 0 Å². The van der Waals surface area contributed by atoms with E-state index in [4.69, 9.17) is 0 Å². The van der Waals surface area contributed by atoms with Gasteiger partial charge in [0, 0.05) is 66.3 Å². The van der Waals surface area contributed by atoms with Gasteiger partial charge < -0.3 is 18.6 Å². The van der Waals surface area contributed by atoms with Crippen LogP contribution in [0.1, 0.15) is 17.5 Å². The van der Waals surface area contributed by atoms with E-state index >= 15 is 0 Å². The van der Waals surface area contributed by atoms with Gasteiger partial charge in [0.25, 0.3) is 0 Å². The lowest BCUT2D eigenvalue weighted by atomic mass is 9.88. The monoisotopic (exact) mass is 892 g/mol. The molecule has 4 heterocycles. The summed E-state index contributed by atoms with van der Waals surface area (Å²) < 4.78 is 7.19. The fourth-order valence-corrected chi connectivity index (χ4v) is 12.0. The smallest absolute Gasteiger partial charge is 0.0633 e. The summed E-state index contributed by atoms with van der Waals surface area (Å²) in [6, 6.07) is 87.2. The molecule has 1 atom stereocenters. The Hall–Kier alpha value is -9.12. The van der Waals surface area contributed by atoms with Crippen LogP contribution in [-0.2, 0) is 0 Å². The lowest BCUT2D eigenvalue weighted by Crippen LogP contribution is -2.27. The van der Waals surface area contributed by atoms with Gasteiger partial charge in [-0.2, -0.15) is 0 Å². The average Bonchev–Trinajstić information content (AvgIpc) is 4.16. The number of nitrogens with zero attached hydrogens (tertiary/aromatic N) is 4. The van der Waals surface area contributed by atoms with Crippen LogP contribution in [0.25, 0.3) is 105 Å². The molecule has 0 saturated heterocycles. The first-order chi connectivity index (χ1) is 34.7. The van der Waals surface area contributed by atoms with Crippen LogP contribution in [0.15, 0.2) is 249 Å². The van der Waals surface area contributed by atoms with Crippen LogP contribution in [0.5, 0.6) is 0 Å². The van der Waals surface area contributed by atoms with Crippen molar-refractivity contribution in [3.05, 3.63) is 260 Å². The fourth-order valence-electron chi connectivity index (χ4n) is 12.0. The maximum absolute atomic E-state index is 2.57. The first-order valence-corrected chi connectivity index (χ1v) is 24.4. The van der Waals surface area contributed by atoms with E-state index in [1.54, 1.807) is 0 Å². The molecule has 328 valence electrons. The lowest BCUT2D eigenvalue weighted by Gasteiger charge is -2.29. The van der Waals surface area contributed by atoms with Crippen molar-refractivity contribution in [2.24, 2.45) is 0 Å². The molecule has 4 nitrogen and oxygen atoms in total. The first kappa shape index (κ1) is 38.9. The van der Waals surface area contributed by atoms with E-state index in [0.29, 0.717) is 0 Å². The summed E-state index contributed by atoms with van der Waals surface area (Å²) >= 11 is 0. The Labute approximate surface area is 405 Å². The van der Waals surface area contributed by atoms with Crippen molar-refractivity contribution in [2.75, 3.05) is 4.90 Å². The Balaban J connectivity index is 0.823. The number of allylic oxidation sites excluding steroid dienone is 2. The molecule has 1 aliphatic heterocycles. The zero-order chi connectivity index (χ0) is 45.9. The van der Waals surface area contributed by atoms with Gasteiger partial charge in [0.05, 0.1) is 39.1 Å². The molecule has 1 unspecified atom stereocenters. The molecular weight excluding hydrogens is 849 g/mol. The number of benzene rings is 10. The Morgan fingerprint density at radius 3 is 1.07 bits per heavy atom. The number of fused-ring (bicyclic) bond motifs is 12. The summed E-state index contributed by atoms with van der Waals surface area (Å²) in [5.74, 6) is 0. The zero-order valence-electron chi connectivity index (χ0n) is 38.2. The van der Waals surface area contributed by atoms with Crippen molar-refractivity contribution in [1.29, 1.82) is 0 Å². The van der Waals surface area contributed by atoms with Crippen molar-refractivity contribution in [3.8, 4) is 28.2 Å². The Kier molecular flexibility index (Phi) is 8.45. The standard InChI is InChI=1S/C66H44N4/c1-7-19-59-51(13-1)52-14-2-8-20-60(52)67(59)47-31-25-43(26-32-47)45-29-39-65-57(41-45)58-42-46(44-27-33-48(34-28-44)68-61-21-9-3-15-53(61)54-16-4-10-22-62(54)68)30-40-66(58)70(65)50-37-35-49(36-38-50)69-63-23-11-5-17-55(63)56-18-6-12-24-64(56)69/h1-39,41-42,66H,40H2. The first-order valence-electron chi connectivity index (χ1n) is 24.4. The number of hydrogen-bond donors (Lipinski definition) is 0. The molecule has 2 aliphatic rings. The molecule has 0 saturated carbocycles. The second-order valence-electron chi connectivity index (χ2n) is 18.8. The van der Waals surface area contributed by atoms with Crippen molar-refractivity contribution in [2.45, 2.75) is 12.5 Å². The second-order valence-corrected chi connectivity index (χ2v) is 18.8. The number of hydrogen-bond acceptors (Lipinski definition) is 1. The van der Waals surface area contributed by atoms with Gasteiger partial charge in [-0.1, -0.05) is 146 Å². The van der Waals surface area contributed by atoms with Crippen LogP contribution in [0.2, 0.25) is 0 Å². The highest BCUT2D eigenvalue weighted by Crippen LogP contribution is 2.50. The number of anilines is 2. The summed E-state index contributed by atoms with van der Waals surface area (Å²) in [5, 5.41) is 7.64. The Morgan fingerprint density at radius 2 is 0.657 bits per heavy atom. The maximum Gasteiger partial charge on any atom is 0.0633 e. The van der Waals surface area contributed by atoms with Crippen LogP contribution in [0.3, 0.4) is 0 Å². The minimum atomic E-state index is 0.155. The fraction of sp³-hybridized carbons (Fsp3) is 0.0303. The molecule has 0 amide bonds. The van der Waals surface area contributed by atoms with Gasteiger partial charge in [0.2, 0.25) is 0 Å². The van der Waals surface area contributed by atoms with Crippen molar-refractivity contribution in [3.63, 3.8) is 0 Å². The minimum absolute atomic E-state index is 0.155. The summed E-state index contributed by atoms with van der Waals surface area (Å²) in [6.45, 7) is 0. The average molecular weight is 893 g/mol. The van der Waals surface area contributed by atoms with Crippen LogP contribution in [-0.4, -0.2) is 19.7 Å². The Morgan fingerprint density at radius 1 is 0.314 bits per heavy atom. The van der Waals surface area contributed by atoms with Gasteiger partial charge >= 0.3 is 0 Å². The molecule has 10 aromatic carbocycles. The van der Waals surface area contributed by atoms with Gasteiger partial charge in [0.1, 0.15) is 0 Å². The molecule has 15 rings (SSSR count). The summed E-state index contributed by atoms with van der Waals surface area (Å²) in [7, 11) is 0. The van der Waals surface area contributed by atoms with E-state index in [2.05, 4.69) is 267 Å².